The van der Waals surface area contributed by atoms with Gasteiger partial charge in [0.2, 0.25) is 11.8 Å². The minimum atomic E-state index is -1.30. The van der Waals surface area contributed by atoms with Crippen LogP contribution in [0.3, 0.4) is 0 Å². The highest BCUT2D eigenvalue weighted by atomic mass is 16.5. The highest BCUT2D eigenvalue weighted by molar-refractivity contribution is 5.90. The average molecular weight is 443 g/mol. The maximum absolute atomic E-state index is 12.1. The number of amides is 3. The molecular weight excluding hydrogens is 418 g/mol. The maximum Gasteiger partial charge on any atom is 0.408 e. The number of rotatable bonds is 11. The Morgan fingerprint density at radius 2 is 1.34 bits per heavy atom. The number of carbonyl (C=O) groups excluding carboxylic acids is 4. The van der Waals surface area contributed by atoms with Crippen LogP contribution in [0.5, 0.6) is 0 Å². The zero-order valence-corrected chi connectivity index (χ0v) is 17.3. The second kappa shape index (κ2) is 13.4. The van der Waals surface area contributed by atoms with Gasteiger partial charge in [-0.15, -0.1) is 0 Å². The summed E-state index contributed by atoms with van der Waals surface area (Å²) in [7, 11) is 0. The van der Waals surface area contributed by atoms with Crippen LogP contribution in [0.1, 0.15) is 11.1 Å². The molecule has 10 heteroatoms. The molecule has 0 saturated heterocycles. The molecule has 170 valence electrons. The number of hydrogen-bond donors (Lipinski definition) is 4. The van der Waals surface area contributed by atoms with Crippen LogP contribution in [0.4, 0.5) is 4.79 Å². The van der Waals surface area contributed by atoms with Crippen molar-refractivity contribution in [2.24, 2.45) is 0 Å². The summed E-state index contributed by atoms with van der Waals surface area (Å²) in [6.07, 6.45) is -0.895. The molecule has 0 aliphatic carbocycles. The van der Waals surface area contributed by atoms with Crippen molar-refractivity contribution in [1.82, 2.24) is 16.0 Å². The van der Waals surface area contributed by atoms with E-state index >= 15 is 0 Å². The summed E-state index contributed by atoms with van der Waals surface area (Å²) in [4.78, 5) is 47.4. The lowest BCUT2D eigenvalue weighted by Gasteiger charge is -2.16. The van der Waals surface area contributed by atoms with Gasteiger partial charge in [0.05, 0.1) is 13.2 Å². The first kappa shape index (κ1) is 24.4. The van der Waals surface area contributed by atoms with Gasteiger partial charge in [-0.05, 0) is 11.1 Å². The number of esters is 1. The minimum absolute atomic E-state index is 0.00474. The fourth-order valence-electron chi connectivity index (χ4n) is 2.41. The van der Waals surface area contributed by atoms with E-state index in [0.717, 1.165) is 11.1 Å². The first-order valence-electron chi connectivity index (χ1n) is 9.80. The number of aliphatic hydroxyl groups is 1. The number of aliphatic hydroxyl groups excluding tert-OH is 1. The van der Waals surface area contributed by atoms with Crippen LogP contribution < -0.4 is 16.0 Å². The molecule has 4 N–H and O–H groups in total. The molecule has 0 aliphatic heterocycles. The summed E-state index contributed by atoms with van der Waals surface area (Å²) in [5, 5.41) is 16.1. The SMILES string of the molecule is O=C(CNC(=O)[C@@H](CO)NC(=O)OCc1ccccc1)NCC(=O)OCc1ccccc1. The molecular formula is C22H25N3O7. The molecule has 10 nitrogen and oxygen atoms in total. The van der Waals surface area contributed by atoms with Crippen LogP contribution in [-0.2, 0) is 37.1 Å². The van der Waals surface area contributed by atoms with Crippen LogP contribution in [0, 0.1) is 0 Å². The Kier molecular flexibility index (Phi) is 10.2. The van der Waals surface area contributed by atoms with Crippen molar-refractivity contribution in [2.45, 2.75) is 19.3 Å². The molecule has 0 aromatic heterocycles. The monoisotopic (exact) mass is 443 g/mol. The molecule has 0 aliphatic rings. The zero-order chi connectivity index (χ0) is 23.2. The van der Waals surface area contributed by atoms with E-state index in [9.17, 15) is 24.3 Å². The number of nitrogens with one attached hydrogen (secondary N) is 3. The Morgan fingerprint density at radius 3 is 1.91 bits per heavy atom. The summed E-state index contributed by atoms with van der Waals surface area (Å²) in [6.45, 7) is -1.44. The fraction of sp³-hybridized carbons (Fsp3) is 0.273. The van der Waals surface area contributed by atoms with E-state index < -0.39 is 43.1 Å². The fourth-order valence-corrected chi connectivity index (χ4v) is 2.41. The highest BCUT2D eigenvalue weighted by Crippen LogP contribution is 2.01. The van der Waals surface area contributed by atoms with E-state index in [-0.39, 0.29) is 19.8 Å². The third-order valence-corrected chi connectivity index (χ3v) is 4.10. The molecule has 32 heavy (non-hydrogen) atoms. The van der Waals surface area contributed by atoms with Crippen LogP contribution in [0.2, 0.25) is 0 Å². The van der Waals surface area contributed by atoms with E-state index in [4.69, 9.17) is 9.47 Å². The highest BCUT2D eigenvalue weighted by Gasteiger charge is 2.21. The molecule has 0 heterocycles. The largest absolute Gasteiger partial charge is 0.460 e. The van der Waals surface area contributed by atoms with E-state index in [1.807, 2.05) is 24.3 Å². The van der Waals surface area contributed by atoms with Crippen molar-refractivity contribution < 1.29 is 33.8 Å². The molecule has 0 bridgehead atoms. The summed E-state index contributed by atoms with van der Waals surface area (Å²) >= 11 is 0. The van der Waals surface area contributed by atoms with Gasteiger partial charge in [0.25, 0.3) is 0 Å². The summed E-state index contributed by atoms with van der Waals surface area (Å²) in [5.41, 5.74) is 1.57. The number of alkyl carbamates (subject to hydrolysis) is 1. The van der Waals surface area contributed by atoms with Gasteiger partial charge >= 0.3 is 12.1 Å². The standard InChI is InChI=1S/C22H25N3O7/c26-13-18(25-22(30)32-15-17-9-5-2-6-10-17)21(29)24-11-19(27)23-12-20(28)31-14-16-7-3-1-4-8-16/h1-10,18,26H,11-15H2,(H,23,27)(H,24,29)(H,25,30)/t18-/m1/s1. The van der Waals surface area contributed by atoms with Gasteiger partial charge in [-0.25, -0.2) is 4.79 Å². The van der Waals surface area contributed by atoms with E-state index in [0.29, 0.717) is 0 Å². The predicted octanol–water partition coefficient (Wildman–Crippen LogP) is 0.250. The smallest absolute Gasteiger partial charge is 0.408 e. The lowest BCUT2D eigenvalue weighted by molar-refractivity contribution is -0.145. The second-order valence-corrected chi connectivity index (χ2v) is 6.58. The van der Waals surface area contributed by atoms with Crippen molar-refractivity contribution in [1.29, 1.82) is 0 Å². The van der Waals surface area contributed by atoms with Crippen molar-refractivity contribution in [3.63, 3.8) is 0 Å². The van der Waals surface area contributed by atoms with Crippen molar-refractivity contribution in [2.75, 3.05) is 19.7 Å². The average Bonchev–Trinajstić information content (AvgIpc) is 2.83. The minimum Gasteiger partial charge on any atom is -0.460 e. The van der Waals surface area contributed by atoms with Gasteiger partial charge in [-0.3, -0.25) is 14.4 Å². The number of hydrogen-bond acceptors (Lipinski definition) is 7. The zero-order valence-electron chi connectivity index (χ0n) is 17.3. The third kappa shape index (κ3) is 9.26. The molecule has 0 fully saturated rings. The normalized spacial score (nSPS) is 11.0. The molecule has 1 atom stereocenters. The summed E-state index contributed by atoms with van der Waals surface area (Å²) in [6, 6.07) is 16.7. The number of ether oxygens (including phenoxy) is 2. The third-order valence-electron chi connectivity index (χ3n) is 4.10. The lowest BCUT2D eigenvalue weighted by atomic mass is 10.2. The number of carbonyl (C=O) groups is 4. The van der Waals surface area contributed by atoms with Gasteiger partial charge in [0.1, 0.15) is 25.8 Å². The first-order chi connectivity index (χ1) is 15.5. The van der Waals surface area contributed by atoms with Crippen LogP contribution >= 0.6 is 0 Å². The van der Waals surface area contributed by atoms with E-state index in [1.54, 1.807) is 36.4 Å². The number of benzene rings is 2. The predicted molar refractivity (Wildman–Crippen MR) is 113 cm³/mol. The Morgan fingerprint density at radius 1 is 0.781 bits per heavy atom. The van der Waals surface area contributed by atoms with Gasteiger partial charge in [0.15, 0.2) is 0 Å². The van der Waals surface area contributed by atoms with Crippen LogP contribution in [-0.4, -0.2) is 54.7 Å². The Labute approximate surface area is 184 Å². The summed E-state index contributed by atoms with van der Waals surface area (Å²) in [5.74, 6) is -2.06. The van der Waals surface area contributed by atoms with Crippen molar-refractivity contribution in [3.8, 4) is 0 Å². The molecule has 2 aromatic rings. The topological polar surface area (TPSA) is 143 Å². The molecule has 2 rings (SSSR count). The van der Waals surface area contributed by atoms with Gasteiger partial charge < -0.3 is 30.5 Å². The van der Waals surface area contributed by atoms with Crippen molar-refractivity contribution in [3.05, 3.63) is 71.8 Å². The molecule has 2 aromatic carbocycles. The molecule has 3 amide bonds. The van der Waals surface area contributed by atoms with Crippen LogP contribution in [0.15, 0.2) is 60.7 Å². The van der Waals surface area contributed by atoms with E-state index in [1.165, 1.54) is 0 Å². The van der Waals surface area contributed by atoms with Gasteiger partial charge in [-0.2, -0.15) is 0 Å². The Bertz CT molecular complexity index is 891. The van der Waals surface area contributed by atoms with Gasteiger partial charge in [-0.1, -0.05) is 60.7 Å². The first-order valence-corrected chi connectivity index (χ1v) is 9.80. The van der Waals surface area contributed by atoms with Crippen LogP contribution in [0.25, 0.3) is 0 Å². The Hall–Kier alpha value is -3.92. The molecule has 0 spiro atoms. The quantitative estimate of drug-likeness (QED) is 0.365. The molecule has 0 unspecified atom stereocenters. The van der Waals surface area contributed by atoms with Gasteiger partial charge in [0, 0.05) is 0 Å². The van der Waals surface area contributed by atoms with E-state index in [2.05, 4.69) is 16.0 Å². The Balaban J connectivity index is 1.64. The van der Waals surface area contributed by atoms with Crippen molar-refractivity contribution >= 4 is 23.9 Å². The summed E-state index contributed by atoms with van der Waals surface area (Å²) < 4.78 is 10.0. The maximum atomic E-state index is 12.1. The molecule has 0 saturated carbocycles. The second-order valence-electron chi connectivity index (χ2n) is 6.58. The molecule has 0 radical (unpaired) electrons. The lowest BCUT2D eigenvalue weighted by Crippen LogP contribution is -2.51.